The first kappa shape index (κ1) is 45.2. The zero-order chi connectivity index (χ0) is 32.3. The smallest absolute Gasteiger partial charge is 1.00 e. The van der Waals surface area contributed by atoms with Crippen molar-refractivity contribution in [3.63, 3.8) is 0 Å². The molecule has 47 heavy (non-hydrogen) atoms. The van der Waals surface area contributed by atoms with Gasteiger partial charge in [-0.15, -0.1) is 0 Å². The summed E-state index contributed by atoms with van der Waals surface area (Å²) in [7, 11) is 10.2. The molecule has 0 spiro atoms. The van der Waals surface area contributed by atoms with E-state index in [1.165, 1.54) is 88.3 Å². The van der Waals surface area contributed by atoms with Crippen LogP contribution in [-0.2, 0) is 21.7 Å². The van der Waals surface area contributed by atoms with Crippen molar-refractivity contribution in [1.29, 1.82) is 0 Å². The first-order valence-corrected chi connectivity index (χ1v) is 17.6. The molecule has 0 radical (unpaired) electrons. The second kappa shape index (κ2) is 16.7. The van der Waals surface area contributed by atoms with Crippen LogP contribution in [0.25, 0.3) is 0 Å². The van der Waals surface area contributed by atoms with E-state index < -0.39 is 8.07 Å². The van der Waals surface area contributed by atoms with Crippen molar-refractivity contribution in [2.75, 3.05) is 57.0 Å². The molecule has 0 fully saturated rings. The SMILES string of the molecule is Cc1cc(C)c([Si](c2cc(N(C)C)c(C)cc2C)(c2cc(N(C)C)c(C)cc2C)c2c(C)c(C)c(C)[c-]2C)cc1N(C)C.[Cl-].[Cl-].[Cl-].[Ti+4]. The van der Waals surface area contributed by atoms with E-state index in [1.54, 1.807) is 5.19 Å². The summed E-state index contributed by atoms with van der Waals surface area (Å²) in [6, 6.07) is 15.0. The molecular formula is C39H54Cl3N3SiTi. The zero-order valence-corrected chi connectivity index (χ0v) is 36.3. The Morgan fingerprint density at radius 1 is 0.447 bits per heavy atom. The van der Waals surface area contributed by atoms with Gasteiger partial charge in [0.2, 0.25) is 0 Å². The Balaban J connectivity index is 0.00000529. The number of hydrogen-bond donors (Lipinski definition) is 0. The van der Waals surface area contributed by atoms with E-state index in [-0.39, 0.29) is 58.9 Å². The van der Waals surface area contributed by atoms with Crippen molar-refractivity contribution in [3.05, 3.63) is 92.0 Å². The normalized spacial score (nSPS) is 10.7. The van der Waals surface area contributed by atoms with Crippen molar-refractivity contribution >= 4 is 45.9 Å². The Morgan fingerprint density at radius 2 is 0.723 bits per heavy atom. The summed E-state index contributed by atoms with van der Waals surface area (Å²) in [6.07, 6.45) is 0. The Labute approximate surface area is 321 Å². The molecule has 0 amide bonds. The molecule has 8 heteroatoms. The van der Waals surface area contributed by atoms with Crippen LogP contribution in [0.5, 0.6) is 0 Å². The molecule has 0 bridgehead atoms. The topological polar surface area (TPSA) is 9.72 Å². The summed E-state index contributed by atoms with van der Waals surface area (Å²) in [4.78, 5) is 6.87. The number of rotatable bonds is 7. The second-order valence-electron chi connectivity index (χ2n) is 13.7. The molecule has 0 aliphatic rings. The van der Waals surface area contributed by atoms with Crippen molar-refractivity contribution in [2.24, 2.45) is 0 Å². The van der Waals surface area contributed by atoms with E-state index >= 15 is 0 Å². The molecule has 0 heterocycles. The monoisotopic (exact) mass is 745 g/mol. The van der Waals surface area contributed by atoms with Crippen LogP contribution in [-0.4, -0.2) is 50.4 Å². The Kier molecular flexibility index (Phi) is 16.1. The Bertz CT molecular complexity index is 1540. The van der Waals surface area contributed by atoms with Crippen molar-refractivity contribution in [2.45, 2.75) is 69.2 Å². The van der Waals surface area contributed by atoms with Crippen molar-refractivity contribution < 1.29 is 58.9 Å². The van der Waals surface area contributed by atoms with Gasteiger partial charge in [0.15, 0.2) is 8.07 Å². The minimum atomic E-state index is -2.91. The molecule has 0 saturated heterocycles. The Morgan fingerprint density at radius 3 is 0.936 bits per heavy atom. The number of hydrogen-bond acceptors (Lipinski definition) is 3. The maximum atomic E-state index is 2.55. The van der Waals surface area contributed by atoms with Gasteiger partial charge in [-0.25, -0.2) is 0 Å². The fourth-order valence-electron chi connectivity index (χ4n) is 7.80. The van der Waals surface area contributed by atoms with Crippen LogP contribution in [0.1, 0.15) is 55.6 Å². The minimum Gasteiger partial charge on any atom is -1.00 e. The third-order valence-corrected chi connectivity index (χ3v) is 15.6. The van der Waals surface area contributed by atoms with Crippen molar-refractivity contribution in [3.8, 4) is 0 Å². The van der Waals surface area contributed by atoms with Crippen molar-refractivity contribution in [1.82, 2.24) is 0 Å². The number of halogens is 3. The van der Waals surface area contributed by atoms with E-state index in [2.05, 4.69) is 163 Å². The van der Waals surface area contributed by atoms with Crippen LogP contribution in [0.4, 0.5) is 17.1 Å². The maximum absolute atomic E-state index is 2.91. The van der Waals surface area contributed by atoms with E-state index in [0.29, 0.717) is 0 Å². The van der Waals surface area contributed by atoms with Crippen LogP contribution in [0.15, 0.2) is 36.4 Å². The van der Waals surface area contributed by atoms with Crippen LogP contribution < -0.4 is 72.7 Å². The average molecular weight is 747 g/mol. The first-order valence-electron chi connectivity index (χ1n) is 15.6. The van der Waals surface area contributed by atoms with Crippen LogP contribution in [0, 0.1) is 69.2 Å². The third kappa shape index (κ3) is 7.54. The van der Waals surface area contributed by atoms with Crippen LogP contribution in [0.3, 0.4) is 0 Å². The molecule has 4 aromatic carbocycles. The quantitative estimate of drug-likeness (QED) is 0.114. The first-order chi connectivity index (χ1) is 20.0. The molecule has 0 N–H and O–H groups in total. The number of aryl methyl sites for hydroxylation is 6. The Hall–Kier alpha value is -1.79. The van der Waals surface area contributed by atoms with E-state index in [9.17, 15) is 0 Å². The third-order valence-electron chi connectivity index (χ3n) is 10.1. The predicted molar refractivity (Wildman–Crippen MR) is 196 cm³/mol. The minimum absolute atomic E-state index is 0. The van der Waals surface area contributed by atoms with Crippen LogP contribution in [0.2, 0.25) is 0 Å². The second-order valence-corrected chi connectivity index (χ2v) is 17.3. The molecule has 0 atom stereocenters. The summed E-state index contributed by atoms with van der Waals surface area (Å²) in [5.41, 5.74) is 17.7. The van der Waals surface area contributed by atoms with Gasteiger partial charge >= 0.3 is 21.7 Å². The summed E-state index contributed by atoms with van der Waals surface area (Å²) in [5.74, 6) is 0. The van der Waals surface area contributed by atoms with Gasteiger partial charge in [-0.05, 0) is 92.0 Å². The molecule has 4 rings (SSSR count). The molecule has 3 nitrogen and oxygen atoms in total. The molecule has 0 aliphatic heterocycles. The summed E-state index contributed by atoms with van der Waals surface area (Å²) < 4.78 is 0. The van der Waals surface area contributed by atoms with Gasteiger partial charge in [0.05, 0.1) is 0 Å². The molecule has 4 aromatic rings. The molecule has 0 unspecified atom stereocenters. The fraction of sp³-hybridized carbons (Fsp3) is 0.410. The molecular weight excluding hydrogens is 693 g/mol. The fourth-order valence-corrected chi connectivity index (χ4v) is 14.0. The van der Waals surface area contributed by atoms with Gasteiger partial charge in [0.1, 0.15) is 0 Å². The maximum Gasteiger partial charge on any atom is 4.00 e. The summed E-state index contributed by atoms with van der Waals surface area (Å²) in [5, 5.41) is 6.04. The van der Waals surface area contributed by atoms with Crippen LogP contribution >= 0.6 is 0 Å². The summed E-state index contributed by atoms with van der Waals surface area (Å²) >= 11 is 0. The molecule has 0 aromatic heterocycles. The van der Waals surface area contributed by atoms with Gasteiger partial charge in [-0.2, -0.15) is 27.4 Å². The van der Waals surface area contributed by atoms with E-state index in [0.717, 1.165) is 0 Å². The van der Waals surface area contributed by atoms with Gasteiger partial charge < -0.3 is 51.9 Å². The standard InChI is InChI=1S/C39H54N3Si.3ClH.Ti/c1-23-17-26(4)36(20-33(23)40(11)12)43(39-31(9)29(7)30(8)32(39)10,37-21-34(41(13)14)24(2)18-27(37)5)38-22-35(42(15)16)25(3)19-28(38)6;;;;/h17-22H,1-16H3;3*1H;/q-1;;;;+4/p-3. The molecule has 254 valence electrons. The predicted octanol–water partition coefficient (Wildman–Crippen LogP) is -2.93. The number of benzene rings is 3. The van der Waals surface area contributed by atoms with Gasteiger partial charge in [-0.3, -0.25) is 0 Å². The summed E-state index contributed by atoms with van der Waals surface area (Å²) in [6.45, 7) is 23.2. The largest absolute Gasteiger partial charge is 4.00 e. The number of anilines is 3. The van der Waals surface area contributed by atoms with E-state index in [1.807, 2.05) is 0 Å². The average Bonchev–Trinajstić information content (AvgIpc) is 3.09. The molecule has 0 aliphatic carbocycles. The van der Waals surface area contributed by atoms with Gasteiger partial charge in [0.25, 0.3) is 0 Å². The van der Waals surface area contributed by atoms with Gasteiger partial charge in [-0.1, -0.05) is 62.6 Å². The zero-order valence-electron chi connectivity index (χ0n) is 31.4. The number of nitrogens with zero attached hydrogens (tertiary/aromatic N) is 3. The molecule has 0 saturated carbocycles. The van der Waals surface area contributed by atoms with Gasteiger partial charge in [0, 0.05) is 59.3 Å². The van der Waals surface area contributed by atoms with E-state index in [4.69, 9.17) is 0 Å².